The number of piperazine rings is 1. The van der Waals surface area contributed by atoms with E-state index in [1.54, 1.807) is 16.2 Å². The van der Waals surface area contributed by atoms with Crippen LogP contribution in [0.15, 0.2) is 35.7 Å². The van der Waals surface area contributed by atoms with Gasteiger partial charge in [-0.25, -0.2) is 8.78 Å². The fourth-order valence-corrected chi connectivity index (χ4v) is 4.92. The first-order chi connectivity index (χ1) is 14.5. The van der Waals surface area contributed by atoms with Gasteiger partial charge in [-0.1, -0.05) is 6.07 Å². The minimum absolute atomic E-state index is 0.101. The van der Waals surface area contributed by atoms with Gasteiger partial charge in [-0.05, 0) is 36.4 Å². The van der Waals surface area contributed by atoms with Crippen molar-refractivity contribution < 1.29 is 18.4 Å². The molecule has 0 spiro atoms. The molecule has 2 aliphatic rings. The topological polar surface area (TPSA) is 43.9 Å². The largest absolute Gasteiger partial charge is 0.340 e. The van der Waals surface area contributed by atoms with Gasteiger partial charge < -0.3 is 9.80 Å². The van der Waals surface area contributed by atoms with Crippen LogP contribution in [0, 0.1) is 17.6 Å². The lowest BCUT2D eigenvalue weighted by Gasteiger charge is -2.38. The minimum atomic E-state index is -0.849. The molecule has 0 aliphatic carbocycles. The number of halogens is 2. The summed E-state index contributed by atoms with van der Waals surface area (Å²) in [5.74, 6) is -1.94. The molecule has 8 heteroatoms. The van der Waals surface area contributed by atoms with E-state index in [2.05, 4.69) is 22.4 Å². The Morgan fingerprint density at radius 1 is 0.967 bits per heavy atom. The van der Waals surface area contributed by atoms with Crippen LogP contribution in [0.5, 0.6) is 0 Å². The number of amides is 2. The highest BCUT2D eigenvalue weighted by atomic mass is 32.1. The Morgan fingerprint density at radius 2 is 1.70 bits per heavy atom. The Bertz CT molecular complexity index is 890. The Hall–Kier alpha value is -2.32. The molecule has 0 unspecified atom stereocenters. The van der Waals surface area contributed by atoms with Crippen LogP contribution in [0.4, 0.5) is 8.78 Å². The Labute approximate surface area is 178 Å². The van der Waals surface area contributed by atoms with Crippen LogP contribution < -0.4 is 0 Å². The summed E-state index contributed by atoms with van der Waals surface area (Å²) in [6.07, 6.45) is 1.14. The highest BCUT2D eigenvalue weighted by Gasteiger charge is 2.32. The summed E-state index contributed by atoms with van der Waals surface area (Å²) in [6, 6.07) is 7.18. The van der Waals surface area contributed by atoms with E-state index in [1.807, 2.05) is 4.90 Å². The highest BCUT2D eigenvalue weighted by molar-refractivity contribution is 7.09. The van der Waals surface area contributed by atoms with E-state index in [0.717, 1.165) is 44.9 Å². The molecule has 0 radical (unpaired) electrons. The number of hydrogen-bond donors (Lipinski definition) is 0. The smallest absolute Gasteiger partial charge is 0.256 e. The van der Waals surface area contributed by atoms with Crippen molar-refractivity contribution in [3.63, 3.8) is 0 Å². The number of thiophene rings is 1. The lowest BCUT2D eigenvalue weighted by atomic mass is 9.94. The molecule has 160 valence electrons. The van der Waals surface area contributed by atoms with Crippen LogP contribution in [0.25, 0.3) is 0 Å². The fraction of sp³-hybridized carbons (Fsp3) is 0.455. The van der Waals surface area contributed by atoms with Gasteiger partial charge >= 0.3 is 0 Å². The number of carbonyl (C=O) groups excluding carboxylic acids is 2. The second-order valence-electron chi connectivity index (χ2n) is 7.87. The zero-order chi connectivity index (χ0) is 21.1. The molecule has 4 rings (SSSR count). The van der Waals surface area contributed by atoms with Gasteiger partial charge in [0.2, 0.25) is 5.91 Å². The molecule has 3 heterocycles. The summed E-state index contributed by atoms with van der Waals surface area (Å²) in [5, 5.41) is 2.08. The number of benzene rings is 1. The lowest BCUT2D eigenvalue weighted by molar-refractivity contribution is -0.138. The first-order valence-electron chi connectivity index (χ1n) is 10.3. The number of rotatable bonds is 4. The average molecular weight is 434 g/mol. The van der Waals surface area contributed by atoms with Crippen LogP contribution in [0.2, 0.25) is 0 Å². The standard InChI is InChI=1S/C22H25F2N3O2S/c23-17-3-4-19(20(24)14-17)22(29)26-7-5-16(6-8-26)21(28)27-11-9-25(10-12-27)15-18-2-1-13-30-18/h1-4,13-14,16H,5-12,15H2. The molecule has 0 N–H and O–H groups in total. The van der Waals surface area contributed by atoms with Crippen molar-refractivity contribution in [1.82, 2.24) is 14.7 Å². The SMILES string of the molecule is O=C(c1ccc(F)cc1F)N1CCC(C(=O)N2CCN(Cc3cccs3)CC2)CC1. The molecule has 2 saturated heterocycles. The van der Waals surface area contributed by atoms with E-state index in [9.17, 15) is 18.4 Å². The summed E-state index contributed by atoms with van der Waals surface area (Å²) in [7, 11) is 0. The third-order valence-electron chi connectivity index (χ3n) is 5.94. The minimum Gasteiger partial charge on any atom is -0.340 e. The summed E-state index contributed by atoms with van der Waals surface area (Å²) < 4.78 is 27.0. The molecule has 2 aliphatic heterocycles. The molecule has 0 saturated carbocycles. The van der Waals surface area contributed by atoms with Crippen molar-refractivity contribution in [1.29, 1.82) is 0 Å². The zero-order valence-electron chi connectivity index (χ0n) is 16.7. The van der Waals surface area contributed by atoms with E-state index >= 15 is 0 Å². The molecule has 2 aromatic rings. The molecule has 1 aromatic carbocycles. The number of likely N-dealkylation sites (tertiary alicyclic amines) is 1. The molecule has 30 heavy (non-hydrogen) atoms. The predicted molar refractivity (Wildman–Crippen MR) is 111 cm³/mol. The number of hydrogen-bond acceptors (Lipinski definition) is 4. The van der Waals surface area contributed by atoms with Crippen molar-refractivity contribution >= 4 is 23.2 Å². The fourth-order valence-electron chi connectivity index (χ4n) is 4.17. The van der Waals surface area contributed by atoms with Crippen LogP contribution in [-0.4, -0.2) is 65.8 Å². The van der Waals surface area contributed by atoms with Crippen molar-refractivity contribution in [3.8, 4) is 0 Å². The third kappa shape index (κ3) is 4.70. The second-order valence-corrected chi connectivity index (χ2v) is 8.90. The predicted octanol–water partition coefficient (Wildman–Crippen LogP) is 3.22. The van der Waals surface area contributed by atoms with Crippen molar-refractivity contribution in [2.24, 2.45) is 5.92 Å². The molecule has 5 nitrogen and oxygen atoms in total. The van der Waals surface area contributed by atoms with Gasteiger partial charge in [0.15, 0.2) is 0 Å². The third-order valence-corrected chi connectivity index (χ3v) is 6.80. The molecule has 1 aromatic heterocycles. The van der Waals surface area contributed by atoms with E-state index in [-0.39, 0.29) is 17.4 Å². The Morgan fingerprint density at radius 3 is 2.33 bits per heavy atom. The first-order valence-corrected chi connectivity index (χ1v) is 11.2. The summed E-state index contributed by atoms with van der Waals surface area (Å²) in [5.41, 5.74) is -0.122. The summed E-state index contributed by atoms with van der Waals surface area (Å²) in [6.45, 7) is 4.93. The van der Waals surface area contributed by atoms with Gasteiger partial charge in [0, 0.05) is 62.7 Å². The Balaban J connectivity index is 1.26. The van der Waals surface area contributed by atoms with E-state index in [4.69, 9.17) is 0 Å². The van der Waals surface area contributed by atoms with Gasteiger partial charge in [0.25, 0.3) is 5.91 Å². The van der Waals surface area contributed by atoms with Crippen LogP contribution in [-0.2, 0) is 11.3 Å². The number of nitrogens with zero attached hydrogens (tertiary/aromatic N) is 3. The lowest BCUT2D eigenvalue weighted by Crippen LogP contribution is -2.51. The molecule has 2 amide bonds. The van der Waals surface area contributed by atoms with Crippen LogP contribution in [0.1, 0.15) is 28.1 Å². The van der Waals surface area contributed by atoms with Gasteiger partial charge in [0.05, 0.1) is 5.56 Å². The average Bonchev–Trinajstić information content (AvgIpc) is 3.26. The first kappa shape index (κ1) is 20.9. The van der Waals surface area contributed by atoms with E-state index in [1.165, 1.54) is 10.9 Å². The van der Waals surface area contributed by atoms with Crippen molar-refractivity contribution in [2.75, 3.05) is 39.3 Å². The highest BCUT2D eigenvalue weighted by Crippen LogP contribution is 2.23. The molecule has 2 fully saturated rings. The Kier molecular flexibility index (Phi) is 6.43. The molecule has 0 bridgehead atoms. The maximum absolute atomic E-state index is 13.9. The van der Waals surface area contributed by atoms with Gasteiger partial charge in [0.1, 0.15) is 11.6 Å². The van der Waals surface area contributed by atoms with Crippen molar-refractivity contribution in [3.05, 3.63) is 57.8 Å². The number of carbonyl (C=O) groups is 2. The van der Waals surface area contributed by atoms with E-state index in [0.29, 0.717) is 25.9 Å². The monoisotopic (exact) mass is 433 g/mol. The van der Waals surface area contributed by atoms with Gasteiger partial charge in [-0.2, -0.15) is 0 Å². The van der Waals surface area contributed by atoms with Crippen molar-refractivity contribution in [2.45, 2.75) is 19.4 Å². The second kappa shape index (κ2) is 9.22. The number of piperidine rings is 1. The zero-order valence-corrected chi connectivity index (χ0v) is 17.5. The summed E-state index contributed by atoms with van der Waals surface area (Å²) >= 11 is 1.75. The maximum atomic E-state index is 13.9. The normalized spacial score (nSPS) is 18.6. The molecular weight excluding hydrogens is 408 g/mol. The van der Waals surface area contributed by atoms with Gasteiger partial charge in [-0.15, -0.1) is 11.3 Å². The van der Waals surface area contributed by atoms with Gasteiger partial charge in [-0.3, -0.25) is 14.5 Å². The quantitative estimate of drug-likeness (QED) is 0.744. The molecular formula is C22H25F2N3O2S. The van der Waals surface area contributed by atoms with E-state index < -0.39 is 17.5 Å². The van der Waals surface area contributed by atoms with Crippen LogP contribution >= 0.6 is 11.3 Å². The molecule has 0 atom stereocenters. The summed E-state index contributed by atoms with van der Waals surface area (Å²) in [4.78, 5) is 32.7. The van der Waals surface area contributed by atoms with Crippen LogP contribution in [0.3, 0.4) is 0 Å². The maximum Gasteiger partial charge on any atom is 0.256 e.